The number of rotatable bonds is 5. The summed E-state index contributed by atoms with van der Waals surface area (Å²) in [5.41, 5.74) is 5.41. The Morgan fingerprint density at radius 2 is 2.25 bits per heavy atom. The summed E-state index contributed by atoms with van der Waals surface area (Å²) in [5, 5.41) is 2.97. The molecule has 3 aromatic rings. The number of thiophene rings is 1. The van der Waals surface area contributed by atoms with Crippen LogP contribution >= 0.6 is 11.3 Å². The Kier molecular flexibility index (Phi) is 4.17. The van der Waals surface area contributed by atoms with Crippen molar-refractivity contribution in [3.8, 4) is 0 Å². The SMILES string of the molecule is Cc1c(C(N)=O)sc2ncn(CC(=O)NCc3ccco3)c(=O)c12. The molecule has 0 saturated carbocycles. The third-order valence-corrected chi connectivity index (χ3v) is 4.71. The van der Waals surface area contributed by atoms with Crippen LogP contribution in [0.2, 0.25) is 0 Å². The van der Waals surface area contributed by atoms with Gasteiger partial charge in [-0.05, 0) is 24.6 Å². The molecule has 0 unspecified atom stereocenters. The molecule has 3 heterocycles. The van der Waals surface area contributed by atoms with Crippen molar-refractivity contribution >= 4 is 33.4 Å². The first-order valence-electron chi connectivity index (χ1n) is 7.04. The minimum absolute atomic E-state index is 0.177. The van der Waals surface area contributed by atoms with E-state index in [1.807, 2.05) is 0 Å². The monoisotopic (exact) mass is 346 g/mol. The number of carbonyl (C=O) groups is 2. The fraction of sp³-hybridized carbons (Fsp3) is 0.200. The predicted octanol–water partition coefficient (Wildman–Crippen LogP) is 0.775. The van der Waals surface area contributed by atoms with Crippen LogP contribution in [0.15, 0.2) is 33.9 Å². The maximum absolute atomic E-state index is 12.5. The zero-order valence-corrected chi connectivity index (χ0v) is 13.6. The van der Waals surface area contributed by atoms with Crippen LogP contribution < -0.4 is 16.6 Å². The van der Waals surface area contributed by atoms with Gasteiger partial charge in [-0.2, -0.15) is 0 Å². The molecule has 3 aromatic heterocycles. The van der Waals surface area contributed by atoms with Gasteiger partial charge in [0.1, 0.15) is 17.1 Å². The molecule has 9 heteroatoms. The molecule has 0 fully saturated rings. The Hall–Kier alpha value is -2.94. The van der Waals surface area contributed by atoms with Crippen LogP contribution in [0.3, 0.4) is 0 Å². The van der Waals surface area contributed by atoms with Crippen LogP contribution in [0.4, 0.5) is 0 Å². The normalized spacial score (nSPS) is 10.9. The van der Waals surface area contributed by atoms with Gasteiger partial charge in [-0.25, -0.2) is 4.98 Å². The highest BCUT2D eigenvalue weighted by atomic mass is 32.1. The molecular formula is C15H14N4O4S. The van der Waals surface area contributed by atoms with E-state index in [0.29, 0.717) is 26.4 Å². The molecule has 0 radical (unpaired) electrons. The van der Waals surface area contributed by atoms with Crippen molar-refractivity contribution in [3.63, 3.8) is 0 Å². The average molecular weight is 346 g/mol. The van der Waals surface area contributed by atoms with Crippen LogP contribution in [0.5, 0.6) is 0 Å². The van der Waals surface area contributed by atoms with E-state index in [4.69, 9.17) is 10.2 Å². The van der Waals surface area contributed by atoms with Gasteiger partial charge in [0.15, 0.2) is 0 Å². The minimum Gasteiger partial charge on any atom is -0.467 e. The topological polar surface area (TPSA) is 120 Å². The summed E-state index contributed by atoms with van der Waals surface area (Å²) < 4.78 is 6.32. The second-order valence-electron chi connectivity index (χ2n) is 5.13. The maximum atomic E-state index is 12.5. The molecule has 0 atom stereocenters. The molecule has 8 nitrogen and oxygen atoms in total. The highest BCUT2D eigenvalue weighted by Crippen LogP contribution is 2.26. The summed E-state index contributed by atoms with van der Waals surface area (Å²) in [6.45, 7) is 1.70. The van der Waals surface area contributed by atoms with Gasteiger partial charge in [0, 0.05) is 0 Å². The van der Waals surface area contributed by atoms with Gasteiger partial charge in [0.05, 0.1) is 29.4 Å². The number of fused-ring (bicyclic) bond motifs is 1. The van der Waals surface area contributed by atoms with Gasteiger partial charge in [0.25, 0.3) is 11.5 Å². The average Bonchev–Trinajstić information content (AvgIpc) is 3.16. The molecule has 0 aliphatic heterocycles. The second-order valence-corrected chi connectivity index (χ2v) is 6.13. The Morgan fingerprint density at radius 3 is 2.92 bits per heavy atom. The number of hydrogen-bond acceptors (Lipinski definition) is 6. The predicted molar refractivity (Wildman–Crippen MR) is 87.7 cm³/mol. The number of furan rings is 1. The lowest BCUT2D eigenvalue weighted by Crippen LogP contribution is -2.32. The number of nitrogens with one attached hydrogen (secondary N) is 1. The van der Waals surface area contributed by atoms with Gasteiger partial charge in [-0.1, -0.05) is 0 Å². The van der Waals surface area contributed by atoms with E-state index >= 15 is 0 Å². The fourth-order valence-corrected chi connectivity index (χ4v) is 3.31. The molecule has 0 aliphatic rings. The Labute approximate surface area is 139 Å². The van der Waals surface area contributed by atoms with E-state index < -0.39 is 5.91 Å². The lowest BCUT2D eigenvalue weighted by molar-refractivity contribution is -0.122. The van der Waals surface area contributed by atoms with Gasteiger partial charge in [-0.3, -0.25) is 19.0 Å². The number of aryl methyl sites for hydroxylation is 1. The van der Waals surface area contributed by atoms with E-state index in [0.717, 1.165) is 11.3 Å². The number of primary amides is 1. The van der Waals surface area contributed by atoms with Crippen molar-refractivity contribution in [2.24, 2.45) is 5.73 Å². The van der Waals surface area contributed by atoms with E-state index in [-0.39, 0.29) is 24.6 Å². The second kappa shape index (κ2) is 6.28. The van der Waals surface area contributed by atoms with E-state index in [1.54, 1.807) is 19.1 Å². The molecule has 124 valence electrons. The highest BCUT2D eigenvalue weighted by molar-refractivity contribution is 7.20. The molecule has 0 bridgehead atoms. The first kappa shape index (κ1) is 15.9. The third-order valence-electron chi connectivity index (χ3n) is 3.49. The summed E-state index contributed by atoms with van der Waals surface area (Å²) in [4.78, 5) is 40.8. The number of hydrogen-bond donors (Lipinski definition) is 2. The summed E-state index contributed by atoms with van der Waals surface area (Å²) in [6, 6.07) is 3.46. The van der Waals surface area contributed by atoms with Crippen molar-refractivity contribution in [3.05, 3.63) is 51.3 Å². The molecular weight excluding hydrogens is 332 g/mol. The summed E-state index contributed by atoms with van der Waals surface area (Å²) in [5.74, 6) is -0.334. The van der Waals surface area contributed by atoms with Crippen molar-refractivity contribution in [2.75, 3.05) is 0 Å². The number of nitrogens with zero attached hydrogens (tertiary/aromatic N) is 2. The van der Waals surface area contributed by atoms with E-state index in [9.17, 15) is 14.4 Å². The molecule has 0 saturated heterocycles. The standard InChI is InChI=1S/C15H14N4O4S/c1-8-11-14(24-12(8)13(16)21)18-7-19(15(11)22)6-10(20)17-5-9-3-2-4-23-9/h2-4,7H,5-6H2,1H3,(H2,16,21)(H,17,20). The quantitative estimate of drug-likeness (QED) is 0.707. The molecule has 0 aliphatic carbocycles. The summed E-state index contributed by atoms with van der Waals surface area (Å²) in [6.07, 6.45) is 2.80. The zero-order valence-electron chi connectivity index (χ0n) is 12.7. The van der Waals surface area contributed by atoms with E-state index in [2.05, 4.69) is 10.3 Å². The highest BCUT2D eigenvalue weighted by Gasteiger charge is 2.18. The van der Waals surface area contributed by atoms with Crippen LogP contribution in [0, 0.1) is 6.92 Å². The van der Waals surface area contributed by atoms with Gasteiger partial charge in [0.2, 0.25) is 5.91 Å². The van der Waals surface area contributed by atoms with Crippen LogP contribution in [-0.2, 0) is 17.9 Å². The van der Waals surface area contributed by atoms with Crippen molar-refractivity contribution in [2.45, 2.75) is 20.0 Å². The number of amides is 2. The molecule has 3 rings (SSSR count). The Morgan fingerprint density at radius 1 is 1.46 bits per heavy atom. The molecule has 0 aromatic carbocycles. The Bertz CT molecular complexity index is 971. The number of nitrogens with two attached hydrogens (primary N) is 1. The summed E-state index contributed by atoms with van der Waals surface area (Å²) in [7, 11) is 0. The van der Waals surface area contributed by atoms with E-state index in [1.165, 1.54) is 17.2 Å². The first-order valence-corrected chi connectivity index (χ1v) is 7.86. The van der Waals surface area contributed by atoms with Crippen LogP contribution in [0.1, 0.15) is 21.0 Å². The largest absolute Gasteiger partial charge is 0.467 e. The third kappa shape index (κ3) is 2.93. The van der Waals surface area contributed by atoms with Gasteiger partial charge in [-0.15, -0.1) is 11.3 Å². The summed E-state index contributed by atoms with van der Waals surface area (Å²) >= 11 is 1.07. The minimum atomic E-state index is -0.599. The molecule has 3 N–H and O–H groups in total. The van der Waals surface area contributed by atoms with Crippen molar-refractivity contribution in [1.29, 1.82) is 0 Å². The molecule has 24 heavy (non-hydrogen) atoms. The molecule has 2 amide bonds. The Balaban J connectivity index is 1.83. The lowest BCUT2D eigenvalue weighted by Gasteiger charge is -2.06. The number of aromatic nitrogens is 2. The van der Waals surface area contributed by atoms with Crippen molar-refractivity contribution in [1.82, 2.24) is 14.9 Å². The molecule has 0 spiro atoms. The first-order chi connectivity index (χ1) is 11.5. The number of carbonyl (C=O) groups excluding carboxylic acids is 2. The van der Waals surface area contributed by atoms with Gasteiger partial charge < -0.3 is 15.5 Å². The maximum Gasteiger partial charge on any atom is 0.262 e. The van der Waals surface area contributed by atoms with Crippen molar-refractivity contribution < 1.29 is 14.0 Å². The zero-order chi connectivity index (χ0) is 17.3. The van der Waals surface area contributed by atoms with Crippen LogP contribution in [-0.4, -0.2) is 21.4 Å². The van der Waals surface area contributed by atoms with Crippen LogP contribution in [0.25, 0.3) is 10.2 Å². The fourth-order valence-electron chi connectivity index (χ4n) is 2.32. The smallest absolute Gasteiger partial charge is 0.262 e. The lowest BCUT2D eigenvalue weighted by atomic mass is 10.2. The van der Waals surface area contributed by atoms with Gasteiger partial charge >= 0.3 is 0 Å².